The van der Waals surface area contributed by atoms with Gasteiger partial charge in [-0.05, 0) is 72.7 Å². The van der Waals surface area contributed by atoms with Crippen molar-refractivity contribution in [3.05, 3.63) is 125 Å². The monoisotopic (exact) mass is 524 g/mol. The Hall–Kier alpha value is -4.87. The molecule has 0 aliphatic carbocycles. The van der Waals surface area contributed by atoms with E-state index in [0.717, 1.165) is 11.1 Å². The molecule has 0 saturated carbocycles. The highest BCUT2D eigenvalue weighted by Crippen LogP contribution is 2.21. The van der Waals surface area contributed by atoms with Crippen molar-refractivity contribution in [3.63, 3.8) is 0 Å². The van der Waals surface area contributed by atoms with Gasteiger partial charge in [0.1, 0.15) is 34.6 Å². The van der Waals surface area contributed by atoms with Gasteiger partial charge in [-0.1, -0.05) is 60.2 Å². The molecule has 0 unspecified atom stereocenters. The van der Waals surface area contributed by atoms with Crippen molar-refractivity contribution < 1.29 is 22.1 Å². The van der Waals surface area contributed by atoms with Gasteiger partial charge in [0.25, 0.3) is 5.91 Å². The van der Waals surface area contributed by atoms with E-state index in [9.17, 15) is 18.5 Å². The standard InChI is InChI=1S/C30H24N2O5S/c1-22-7-17-29(18-8-22)38(34,35)37-28-13-9-23(10-14-28)19-25(20-31)30(33)32-26-11-15-27(16-12-26)36-21-24-5-3-2-4-6-24/h2-19H,21H2,1H3,(H,32,33)/b25-19+. The predicted molar refractivity (Wildman–Crippen MR) is 145 cm³/mol. The van der Waals surface area contributed by atoms with Crippen molar-refractivity contribution in [2.75, 3.05) is 5.32 Å². The van der Waals surface area contributed by atoms with Gasteiger partial charge < -0.3 is 14.2 Å². The Bertz CT molecular complexity index is 1570. The topological polar surface area (TPSA) is 105 Å². The van der Waals surface area contributed by atoms with Gasteiger partial charge >= 0.3 is 10.1 Å². The lowest BCUT2D eigenvalue weighted by Gasteiger charge is -2.09. The van der Waals surface area contributed by atoms with Gasteiger partial charge in [0.2, 0.25) is 0 Å². The number of rotatable bonds is 9. The molecule has 0 bridgehead atoms. The summed E-state index contributed by atoms with van der Waals surface area (Å²) in [5, 5.41) is 12.2. The number of aryl methyl sites for hydroxylation is 1. The van der Waals surface area contributed by atoms with E-state index in [0.29, 0.717) is 23.6 Å². The molecule has 1 amide bonds. The first kappa shape index (κ1) is 26.2. The Morgan fingerprint density at radius 2 is 1.50 bits per heavy atom. The first-order valence-corrected chi connectivity index (χ1v) is 13.0. The normalized spacial score (nSPS) is 11.3. The third-order valence-corrected chi connectivity index (χ3v) is 6.69. The van der Waals surface area contributed by atoms with E-state index in [1.807, 2.05) is 43.3 Å². The summed E-state index contributed by atoms with van der Waals surface area (Å²) < 4.78 is 35.9. The number of carbonyl (C=O) groups is 1. The Labute approximate surface area is 221 Å². The van der Waals surface area contributed by atoms with E-state index < -0.39 is 16.0 Å². The number of ether oxygens (including phenoxy) is 1. The zero-order valence-corrected chi connectivity index (χ0v) is 21.3. The molecule has 4 rings (SSSR count). The number of hydrogen-bond acceptors (Lipinski definition) is 6. The van der Waals surface area contributed by atoms with Crippen molar-refractivity contribution in [2.45, 2.75) is 18.4 Å². The average Bonchev–Trinajstić information content (AvgIpc) is 2.93. The van der Waals surface area contributed by atoms with Crippen LogP contribution in [0.3, 0.4) is 0 Å². The summed E-state index contributed by atoms with van der Waals surface area (Å²) in [6.07, 6.45) is 1.41. The van der Waals surface area contributed by atoms with Crippen LogP contribution in [0.1, 0.15) is 16.7 Å². The van der Waals surface area contributed by atoms with Crippen molar-refractivity contribution in [3.8, 4) is 17.6 Å². The van der Waals surface area contributed by atoms with Crippen molar-refractivity contribution in [2.24, 2.45) is 0 Å². The quantitative estimate of drug-likeness (QED) is 0.166. The van der Waals surface area contributed by atoms with Crippen LogP contribution in [0.25, 0.3) is 6.08 Å². The minimum atomic E-state index is -3.98. The molecular weight excluding hydrogens is 500 g/mol. The highest BCUT2D eigenvalue weighted by molar-refractivity contribution is 7.87. The van der Waals surface area contributed by atoms with Gasteiger partial charge in [-0.25, -0.2) is 0 Å². The van der Waals surface area contributed by atoms with Gasteiger partial charge in [0, 0.05) is 5.69 Å². The molecule has 0 fully saturated rings. The van der Waals surface area contributed by atoms with Crippen LogP contribution >= 0.6 is 0 Å². The zero-order chi connectivity index (χ0) is 27.0. The molecule has 1 N–H and O–H groups in total. The average molecular weight is 525 g/mol. The van der Waals surface area contributed by atoms with E-state index >= 15 is 0 Å². The number of nitrogens with one attached hydrogen (secondary N) is 1. The summed E-state index contributed by atoms with van der Waals surface area (Å²) in [7, 11) is -3.98. The maximum Gasteiger partial charge on any atom is 0.339 e. The van der Waals surface area contributed by atoms with Gasteiger partial charge in [-0.2, -0.15) is 13.7 Å². The summed E-state index contributed by atoms with van der Waals surface area (Å²) in [4.78, 5) is 12.7. The minimum absolute atomic E-state index is 0.0475. The predicted octanol–water partition coefficient (Wildman–Crippen LogP) is 5.89. The van der Waals surface area contributed by atoms with E-state index in [2.05, 4.69) is 5.32 Å². The molecule has 0 spiro atoms. The molecule has 0 aliphatic rings. The largest absolute Gasteiger partial charge is 0.489 e. The number of benzene rings is 4. The van der Waals surface area contributed by atoms with Crippen LogP contribution in [0, 0.1) is 18.3 Å². The fraction of sp³-hybridized carbons (Fsp3) is 0.0667. The molecule has 8 heteroatoms. The molecule has 0 atom stereocenters. The van der Waals surface area contributed by atoms with Crippen LogP contribution in [0.15, 0.2) is 114 Å². The summed E-state index contributed by atoms with van der Waals surface area (Å²) in [6.45, 7) is 2.29. The zero-order valence-electron chi connectivity index (χ0n) is 20.5. The number of carbonyl (C=O) groups excluding carboxylic acids is 1. The molecular formula is C30H24N2O5S. The molecule has 0 heterocycles. The number of amides is 1. The highest BCUT2D eigenvalue weighted by atomic mass is 32.2. The smallest absolute Gasteiger partial charge is 0.339 e. The number of nitriles is 1. The van der Waals surface area contributed by atoms with E-state index in [4.69, 9.17) is 8.92 Å². The van der Waals surface area contributed by atoms with Crippen molar-refractivity contribution in [1.29, 1.82) is 5.26 Å². The van der Waals surface area contributed by atoms with Gasteiger partial charge in [0.05, 0.1) is 0 Å². The van der Waals surface area contributed by atoms with E-state index in [-0.39, 0.29) is 16.2 Å². The first-order chi connectivity index (χ1) is 18.3. The Kier molecular flexibility index (Phi) is 8.21. The molecule has 7 nitrogen and oxygen atoms in total. The Morgan fingerprint density at radius 1 is 0.868 bits per heavy atom. The molecule has 4 aromatic carbocycles. The van der Waals surface area contributed by atoms with Gasteiger partial charge in [-0.15, -0.1) is 0 Å². The lowest BCUT2D eigenvalue weighted by Crippen LogP contribution is -2.13. The van der Waals surface area contributed by atoms with E-state index in [1.54, 1.807) is 48.5 Å². The molecule has 0 aromatic heterocycles. The van der Waals surface area contributed by atoms with Crippen molar-refractivity contribution in [1.82, 2.24) is 0 Å². The van der Waals surface area contributed by atoms with Crippen molar-refractivity contribution >= 4 is 27.8 Å². The molecule has 0 aliphatic heterocycles. The second-order valence-corrected chi connectivity index (χ2v) is 9.89. The number of anilines is 1. The second kappa shape index (κ2) is 11.9. The van der Waals surface area contributed by atoms with Gasteiger partial charge in [-0.3, -0.25) is 4.79 Å². The third kappa shape index (κ3) is 7.09. The summed E-state index contributed by atoms with van der Waals surface area (Å²) in [6, 6.07) is 30.9. The maximum absolute atomic E-state index is 12.6. The lowest BCUT2D eigenvalue weighted by molar-refractivity contribution is -0.112. The fourth-order valence-electron chi connectivity index (χ4n) is 3.39. The first-order valence-electron chi connectivity index (χ1n) is 11.6. The molecule has 190 valence electrons. The second-order valence-electron chi connectivity index (χ2n) is 8.34. The highest BCUT2D eigenvalue weighted by Gasteiger charge is 2.16. The molecule has 4 aromatic rings. The Morgan fingerprint density at radius 3 is 2.13 bits per heavy atom. The molecule has 0 saturated heterocycles. The lowest BCUT2D eigenvalue weighted by atomic mass is 10.1. The summed E-state index contributed by atoms with van der Waals surface area (Å²) in [5.41, 5.74) is 2.90. The fourth-order valence-corrected chi connectivity index (χ4v) is 4.32. The van der Waals surface area contributed by atoms with E-state index in [1.165, 1.54) is 30.3 Å². The van der Waals surface area contributed by atoms with Crippen LogP contribution in [0.4, 0.5) is 5.69 Å². The van der Waals surface area contributed by atoms with Crippen LogP contribution in [-0.2, 0) is 21.5 Å². The Balaban J connectivity index is 1.37. The molecule has 38 heavy (non-hydrogen) atoms. The van der Waals surface area contributed by atoms with Crippen LogP contribution in [0.2, 0.25) is 0 Å². The summed E-state index contributed by atoms with van der Waals surface area (Å²) in [5.74, 6) is 0.183. The van der Waals surface area contributed by atoms with Gasteiger partial charge in [0.15, 0.2) is 0 Å². The van der Waals surface area contributed by atoms with Crippen LogP contribution in [0.5, 0.6) is 11.5 Å². The summed E-state index contributed by atoms with van der Waals surface area (Å²) >= 11 is 0. The number of hydrogen-bond donors (Lipinski definition) is 1. The third-order valence-electron chi connectivity index (χ3n) is 5.43. The SMILES string of the molecule is Cc1ccc(S(=O)(=O)Oc2ccc(/C=C(\C#N)C(=O)Nc3ccc(OCc4ccccc4)cc3)cc2)cc1. The van der Waals surface area contributed by atoms with Crippen LogP contribution < -0.4 is 14.2 Å². The maximum atomic E-state index is 12.6. The minimum Gasteiger partial charge on any atom is -0.489 e. The van der Waals surface area contributed by atoms with Crippen LogP contribution in [-0.4, -0.2) is 14.3 Å². The molecule has 0 radical (unpaired) electrons. The number of nitrogens with zero attached hydrogens (tertiary/aromatic N) is 1.